The normalized spacial score (nSPS) is 9.50. The van der Waals surface area contributed by atoms with Crippen molar-refractivity contribution in [1.29, 1.82) is 5.26 Å². The van der Waals surface area contributed by atoms with Crippen LogP contribution in [-0.2, 0) is 0 Å². The van der Waals surface area contributed by atoms with E-state index >= 15 is 0 Å². The van der Waals surface area contributed by atoms with Gasteiger partial charge in [0.25, 0.3) is 0 Å². The molecule has 1 aromatic carbocycles. The number of nitrogens with zero attached hydrogens (tertiary/aromatic N) is 1. The van der Waals surface area contributed by atoms with Crippen LogP contribution in [0.3, 0.4) is 0 Å². The molecule has 1 aromatic rings. The molecule has 0 fully saturated rings. The third kappa shape index (κ3) is 3.04. The molecule has 3 heteroatoms. The number of hydrogen-bond acceptors (Lipinski definition) is 2. The lowest BCUT2D eigenvalue weighted by Gasteiger charge is -2.07. The predicted molar refractivity (Wildman–Crippen MR) is 59.3 cm³/mol. The van der Waals surface area contributed by atoms with E-state index in [0.717, 1.165) is 29.7 Å². The summed E-state index contributed by atoms with van der Waals surface area (Å²) in [5.41, 5.74) is 0.639. The van der Waals surface area contributed by atoms with Crippen LogP contribution in [0.15, 0.2) is 22.7 Å². The van der Waals surface area contributed by atoms with Crippen LogP contribution < -0.4 is 4.74 Å². The summed E-state index contributed by atoms with van der Waals surface area (Å²) in [5, 5.41) is 8.66. The zero-order valence-electron chi connectivity index (χ0n) is 8.09. The summed E-state index contributed by atoms with van der Waals surface area (Å²) in [6.45, 7) is 2.85. The molecule has 0 aliphatic heterocycles. The molecule has 0 bridgehead atoms. The van der Waals surface area contributed by atoms with E-state index in [1.54, 1.807) is 12.1 Å². The first-order chi connectivity index (χ1) is 6.77. The zero-order valence-corrected chi connectivity index (χ0v) is 9.67. The van der Waals surface area contributed by atoms with Crippen LogP contribution in [0.25, 0.3) is 0 Å². The Morgan fingerprint density at radius 1 is 1.50 bits per heavy atom. The molecule has 0 spiro atoms. The molecule has 0 amide bonds. The summed E-state index contributed by atoms with van der Waals surface area (Å²) in [6, 6.07) is 7.42. The maximum atomic E-state index is 8.66. The highest BCUT2D eigenvalue weighted by atomic mass is 79.9. The summed E-state index contributed by atoms with van der Waals surface area (Å²) in [6.07, 6.45) is 2.17. The Kier molecular flexibility index (Phi) is 4.48. The standard InChI is InChI=1S/C11H12BrNO/c1-2-3-6-14-11-5-4-9(8-13)7-10(11)12/h4-5,7H,2-3,6H2,1H3. The molecule has 0 unspecified atom stereocenters. The van der Waals surface area contributed by atoms with Gasteiger partial charge >= 0.3 is 0 Å². The van der Waals surface area contributed by atoms with Gasteiger partial charge in [-0.15, -0.1) is 0 Å². The largest absolute Gasteiger partial charge is 0.492 e. The first-order valence-corrected chi connectivity index (χ1v) is 5.39. The number of rotatable bonds is 4. The van der Waals surface area contributed by atoms with E-state index in [4.69, 9.17) is 10.00 Å². The molecule has 0 N–H and O–H groups in total. The predicted octanol–water partition coefficient (Wildman–Crippen LogP) is 3.50. The van der Waals surface area contributed by atoms with Crippen molar-refractivity contribution in [2.75, 3.05) is 6.61 Å². The van der Waals surface area contributed by atoms with Crippen LogP contribution in [0.1, 0.15) is 25.3 Å². The Hall–Kier alpha value is -1.01. The molecular weight excluding hydrogens is 242 g/mol. The second kappa shape index (κ2) is 5.66. The van der Waals surface area contributed by atoms with E-state index in [2.05, 4.69) is 28.9 Å². The number of unbranched alkanes of at least 4 members (excludes halogenated alkanes) is 1. The Morgan fingerprint density at radius 2 is 2.29 bits per heavy atom. The fourth-order valence-electron chi connectivity index (χ4n) is 1.01. The molecule has 0 atom stereocenters. The average molecular weight is 254 g/mol. The van der Waals surface area contributed by atoms with Gasteiger partial charge in [-0.1, -0.05) is 13.3 Å². The summed E-state index contributed by atoms with van der Waals surface area (Å²) >= 11 is 3.36. The van der Waals surface area contributed by atoms with Crippen molar-refractivity contribution < 1.29 is 4.74 Å². The van der Waals surface area contributed by atoms with Crippen molar-refractivity contribution in [1.82, 2.24) is 0 Å². The average Bonchev–Trinajstić information content (AvgIpc) is 2.20. The number of ether oxygens (including phenoxy) is 1. The van der Waals surface area contributed by atoms with E-state index in [-0.39, 0.29) is 0 Å². The van der Waals surface area contributed by atoms with Gasteiger partial charge in [0.2, 0.25) is 0 Å². The Bertz CT molecular complexity index is 344. The Morgan fingerprint density at radius 3 is 2.86 bits per heavy atom. The molecule has 0 heterocycles. The van der Waals surface area contributed by atoms with E-state index in [0.29, 0.717) is 5.56 Å². The molecule has 2 nitrogen and oxygen atoms in total. The van der Waals surface area contributed by atoms with Gasteiger partial charge in [0.1, 0.15) is 5.75 Å². The van der Waals surface area contributed by atoms with Gasteiger partial charge in [-0.25, -0.2) is 0 Å². The highest BCUT2D eigenvalue weighted by molar-refractivity contribution is 9.10. The lowest BCUT2D eigenvalue weighted by Crippen LogP contribution is -1.97. The molecule has 0 saturated carbocycles. The number of nitriles is 1. The van der Waals surface area contributed by atoms with Gasteiger partial charge < -0.3 is 4.74 Å². The SMILES string of the molecule is CCCCOc1ccc(C#N)cc1Br. The maximum Gasteiger partial charge on any atom is 0.133 e. The van der Waals surface area contributed by atoms with Gasteiger partial charge in [0, 0.05) is 0 Å². The van der Waals surface area contributed by atoms with Crippen LogP contribution in [0, 0.1) is 11.3 Å². The second-order valence-electron chi connectivity index (χ2n) is 2.96. The van der Waals surface area contributed by atoms with Crippen LogP contribution in [-0.4, -0.2) is 6.61 Å². The third-order valence-corrected chi connectivity index (χ3v) is 2.44. The summed E-state index contributed by atoms with van der Waals surface area (Å²) in [4.78, 5) is 0. The quantitative estimate of drug-likeness (QED) is 0.770. The lowest BCUT2D eigenvalue weighted by atomic mass is 10.2. The van der Waals surface area contributed by atoms with E-state index in [9.17, 15) is 0 Å². The van der Waals surface area contributed by atoms with Crippen LogP contribution in [0.4, 0.5) is 0 Å². The number of halogens is 1. The first kappa shape index (κ1) is 11.1. The number of benzene rings is 1. The molecule has 1 rings (SSSR count). The molecular formula is C11H12BrNO. The van der Waals surface area contributed by atoms with Crippen LogP contribution >= 0.6 is 15.9 Å². The van der Waals surface area contributed by atoms with Crippen molar-refractivity contribution in [2.24, 2.45) is 0 Å². The third-order valence-electron chi connectivity index (χ3n) is 1.82. The van der Waals surface area contributed by atoms with E-state index < -0.39 is 0 Å². The van der Waals surface area contributed by atoms with Crippen LogP contribution in [0.5, 0.6) is 5.75 Å². The lowest BCUT2D eigenvalue weighted by molar-refractivity contribution is 0.307. The monoisotopic (exact) mass is 253 g/mol. The fraction of sp³-hybridized carbons (Fsp3) is 0.364. The minimum absolute atomic E-state index is 0.639. The van der Waals surface area contributed by atoms with E-state index in [1.807, 2.05) is 6.07 Å². The topological polar surface area (TPSA) is 33.0 Å². The van der Waals surface area contributed by atoms with Gasteiger partial charge in [-0.3, -0.25) is 0 Å². The number of hydrogen-bond donors (Lipinski definition) is 0. The van der Waals surface area contributed by atoms with Gasteiger partial charge in [-0.05, 0) is 40.5 Å². The van der Waals surface area contributed by atoms with E-state index in [1.165, 1.54) is 0 Å². The summed E-state index contributed by atoms with van der Waals surface area (Å²) < 4.78 is 6.36. The van der Waals surface area contributed by atoms with Crippen LogP contribution in [0.2, 0.25) is 0 Å². The van der Waals surface area contributed by atoms with Crippen molar-refractivity contribution in [2.45, 2.75) is 19.8 Å². The molecule has 0 saturated heterocycles. The van der Waals surface area contributed by atoms with Crippen molar-refractivity contribution >= 4 is 15.9 Å². The van der Waals surface area contributed by atoms with Crippen molar-refractivity contribution in [3.63, 3.8) is 0 Å². The Labute approximate surface area is 92.6 Å². The summed E-state index contributed by atoms with van der Waals surface area (Å²) in [7, 11) is 0. The summed E-state index contributed by atoms with van der Waals surface area (Å²) in [5.74, 6) is 0.803. The minimum Gasteiger partial charge on any atom is -0.492 e. The molecule has 0 aromatic heterocycles. The first-order valence-electron chi connectivity index (χ1n) is 4.60. The van der Waals surface area contributed by atoms with Gasteiger partial charge in [0.05, 0.1) is 22.7 Å². The van der Waals surface area contributed by atoms with Gasteiger partial charge in [0.15, 0.2) is 0 Å². The smallest absolute Gasteiger partial charge is 0.133 e. The van der Waals surface area contributed by atoms with Gasteiger partial charge in [-0.2, -0.15) is 5.26 Å². The highest BCUT2D eigenvalue weighted by Crippen LogP contribution is 2.25. The van der Waals surface area contributed by atoms with Crippen molar-refractivity contribution in [3.05, 3.63) is 28.2 Å². The fourth-order valence-corrected chi connectivity index (χ4v) is 1.51. The minimum atomic E-state index is 0.639. The second-order valence-corrected chi connectivity index (χ2v) is 3.81. The molecule has 14 heavy (non-hydrogen) atoms. The molecule has 0 aliphatic rings. The molecule has 0 aliphatic carbocycles. The Balaban J connectivity index is 2.65. The highest BCUT2D eigenvalue weighted by Gasteiger charge is 2.01. The molecule has 74 valence electrons. The zero-order chi connectivity index (χ0) is 10.4. The molecule has 0 radical (unpaired) electrons. The van der Waals surface area contributed by atoms with Crippen molar-refractivity contribution in [3.8, 4) is 11.8 Å². The maximum absolute atomic E-state index is 8.66.